The predicted octanol–water partition coefficient (Wildman–Crippen LogP) is 7.95. The Hall–Kier alpha value is -1.21. The molecule has 0 saturated carbocycles. The Kier molecular flexibility index (Phi) is 25.2. The van der Waals surface area contributed by atoms with Crippen LogP contribution in [0.5, 0.6) is 0 Å². The molecule has 0 radical (unpaired) electrons. The van der Waals surface area contributed by atoms with E-state index in [0.717, 1.165) is 57.8 Å². The number of rotatable bonds is 27. The van der Waals surface area contributed by atoms with Crippen molar-refractivity contribution in [2.45, 2.75) is 148 Å². The smallest absolute Gasteiger partial charge is 0.462 e. The summed E-state index contributed by atoms with van der Waals surface area (Å²) in [7, 11) is -4.73. The fraction of sp³-hybridized carbons (Fsp3) is 0.862. The first-order valence-electron chi connectivity index (χ1n) is 15.0. The van der Waals surface area contributed by atoms with Gasteiger partial charge in [-0.25, -0.2) is 4.57 Å². The molecule has 9 heteroatoms. The maximum absolute atomic E-state index is 12.2. The SMILES string of the molecule is CCCCC/C=C/CCCCCCCC(=O)O[C@H](COC(=O)CCCCCCCCCC)COP(=O)(O)O. The third-order valence-electron chi connectivity index (χ3n) is 6.28. The topological polar surface area (TPSA) is 119 Å². The summed E-state index contributed by atoms with van der Waals surface area (Å²) in [6, 6.07) is 0. The third-order valence-corrected chi connectivity index (χ3v) is 6.77. The van der Waals surface area contributed by atoms with Gasteiger partial charge in [0.1, 0.15) is 6.61 Å². The Morgan fingerprint density at radius 2 is 1.11 bits per heavy atom. The van der Waals surface area contributed by atoms with Gasteiger partial charge in [-0.3, -0.25) is 14.1 Å². The number of hydrogen-bond donors (Lipinski definition) is 2. The number of phosphoric ester groups is 1. The largest absolute Gasteiger partial charge is 0.469 e. The molecule has 0 aliphatic rings. The number of ether oxygens (including phenoxy) is 2. The Balaban J connectivity index is 4.08. The second kappa shape index (κ2) is 26.0. The zero-order valence-electron chi connectivity index (χ0n) is 24.1. The van der Waals surface area contributed by atoms with Gasteiger partial charge in [0.25, 0.3) is 0 Å². The van der Waals surface area contributed by atoms with Crippen LogP contribution in [0.25, 0.3) is 0 Å². The average Bonchev–Trinajstić information content (AvgIpc) is 2.87. The lowest BCUT2D eigenvalue weighted by Gasteiger charge is -2.18. The van der Waals surface area contributed by atoms with Gasteiger partial charge in [0.15, 0.2) is 6.10 Å². The molecular weight excluding hydrogens is 507 g/mol. The molecule has 0 fully saturated rings. The molecule has 0 amide bonds. The maximum Gasteiger partial charge on any atom is 0.469 e. The maximum atomic E-state index is 12.2. The number of carbonyl (C=O) groups excluding carboxylic acids is 2. The molecule has 0 aliphatic carbocycles. The van der Waals surface area contributed by atoms with E-state index in [2.05, 4.69) is 30.5 Å². The van der Waals surface area contributed by atoms with Crippen molar-refractivity contribution in [1.29, 1.82) is 0 Å². The van der Waals surface area contributed by atoms with Crippen LogP contribution >= 0.6 is 7.82 Å². The second-order valence-corrected chi connectivity index (χ2v) is 11.3. The van der Waals surface area contributed by atoms with Gasteiger partial charge in [0.05, 0.1) is 6.61 Å². The predicted molar refractivity (Wildman–Crippen MR) is 152 cm³/mol. The number of esters is 2. The lowest BCUT2D eigenvalue weighted by atomic mass is 10.1. The molecule has 0 heterocycles. The minimum absolute atomic E-state index is 0.204. The molecule has 0 bridgehead atoms. The lowest BCUT2D eigenvalue weighted by Crippen LogP contribution is -2.29. The van der Waals surface area contributed by atoms with Crippen LogP contribution < -0.4 is 0 Å². The van der Waals surface area contributed by atoms with Crippen LogP contribution in [0.15, 0.2) is 12.2 Å². The first-order chi connectivity index (χ1) is 18.3. The van der Waals surface area contributed by atoms with Crippen molar-refractivity contribution in [2.24, 2.45) is 0 Å². The van der Waals surface area contributed by atoms with Crippen molar-refractivity contribution in [2.75, 3.05) is 13.2 Å². The summed E-state index contributed by atoms with van der Waals surface area (Å²) >= 11 is 0. The Bertz CT molecular complexity index is 646. The van der Waals surface area contributed by atoms with E-state index in [1.165, 1.54) is 51.4 Å². The minimum atomic E-state index is -4.73. The summed E-state index contributed by atoms with van der Waals surface area (Å²) in [5.41, 5.74) is 0. The highest BCUT2D eigenvalue weighted by atomic mass is 31.2. The van der Waals surface area contributed by atoms with Crippen LogP contribution in [0.2, 0.25) is 0 Å². The summed E-state index contributed by atoms with van der Waals surface area (Å²) in [4.78, 5) is 42.2. The fourth-order valence-electron chi connectivity index (χ4n) is 4.01. The van der Waals surface area contributed by atoms with Gasteiger partial charge in [-0.1, -0.05) is 103 Å². The van der Waals surface area contributed by atoms with Crippen molar-refractivity contribution in [3.63, 3.8) is 0 Å². The molecule has 224 valence electrons. The van der Waals surface area contributed by atoms with Crippen LogP contribution in [-0.2, 0) is 28.2 Å². The molecule has 2 N–H and O–H groups in total. The van der Waals surface area contributed by atoms with E-state index >= 15 is 0 Å². The van der Waals surface area contributed by atoms with Gasteiger partial charge in [-0.15, -0.1) is 0 Å². The molecule has 38 heavy (non-hydrogen) atoms. The Morgan fingerprint density at radius 1 is 0.658 bits per heavy atom. The van der Waals surface area contributed by atoms with E-state index in [1.807, 2.05) is 0 Å². The van der Waals surface area contributed by atoms with E-state index in [0.29, 0.717) is 6.42 Å². The van der Waals surface area contributed by atoms with Crippen LogP contribution in [0, 0.1) is 0 Å². The normalized spacial score (nSPS) is 12.6. The lowest BCUT2D eigenvalue weighted by molar-refractivity contribution is -0.161. The van der Waals surface area contributed by atoms with Gasteiger partial charge >= 0.3 is 19.8 Å². The Labute approximate surface area is 231 Å². The van der Waals surface area contributed by atoms with Gasteiger partial charge in [0, 0.05) is 12.8 Å². The monoisotopic (exact) mass is 562 g/mol. The van der Waals surface area contributed by atoms with Crippen molar-refractivity contribution in [1.82, 2.24) is 0 Å². The summed E-state index contributed by atoms with van der Waals surface area (Å²) in [5, 5.41) is 0. The van der Waals surface area contributed by atoms with Crippen molar-refractivity contribution >= 4 is 19.8 Å². The number of phosphoric acid groups is 1. The molecule has 1 atom stereocenters. The standard InChI is InChI=1S/C29H55O8P/c1-3-5-7-9-11-13-14-15-16-18-20-22-24-29(31)37-27(26-36-38(32,33)34)25-35-28(30)23-21-19-17-12-10-8-6-4-2/h11,13,27H,3-10,12,14-26H2,1-2H3,(H2,32,33,34)/b13-11+/t27-/m1/s1. The van der Waals surface area contributed by atoms with Crippen molar-refractivity contribution in [3.8, 4) is 0 Å². The van der Waals surface area contributed by atoms with E-state index < -0.39 is 32.5 Å². The molecular formula is C29H55O8P. The first-order valence-corrected chi connectivity index (χ1v) is 16.5. The van der Waals surface area contributed by atoms with Crippen LogP contribution in [-0.4, -0.2) is 41.0 Å². The second-order valence-electron chi connectivity index (χ2n) is 10.1. The van der Waals surface area contributed by atoms with Crippen LogP contribution in [0.3, 0.4) is 0 Å². The number of allylic oxidation sites excluding steroid dienone is 2. The highest BCUT2D eigenvalue weighted by Crippen LogP contribution is 2.35. The summed E-state index contributed by atoms with van der Waals surface area (Å²) in [6.07, 6.45) is 23.8. The molecule has 0 aromatic carbocycles. The highest BCUT2D eigenvalue weighted by Gasteiger charge is 2.22. The molecule has 0 aromatic heterocycles. The molecule has 0 saturated heterocycles. The average molecular weight is 563 g/mol. The van der Waals surface area contributed by atoms with Gasteiger partial charge < -0.3 is 19.3 Å². The van der Waals surface area contributed by atoms with E-state index in [4.69, 9.17) is 19.3 Å². The summed E-state index contributed by atoms with van der Waals surface area (Å²) in [5.74, 6) is -0.900. The number of carbonyl (C=O) groups is 2. The quantitative estimate of drug-likeness (QED) is 0.0448. The van der Waals surface area contributed by atoms with Crippen molar-refractivity contribution in [3.05, 3.63) is 12.2 Å². The molecule has 0 rings (SSSR count). The van der Waals surface area contributed by atoms with Crippen LogP contribution in [0.4, 0.5) is 0 Å². The van der Waals surface area contributed by atoms with E-state index in [9.17, 15) is 14.2 Å². The molecule has 0 spiro atoms. The fourth-order valence-corrected chi connectivity index (χ4v) is 4.37. The zero-order chi connectivity index (χ0) is 28.3. The van der Waals surface area contributed by atoms with Crippen molar-refractivity contribution < 1.29 is 37.9 Å². The van der Waals surface area contributed by atoms with Gasteiger partial charge in [0.2, 0.25) is 0 Å². The van der Waals surface area contributed by atoms with E-state index in [1.54, 1.807) is 0 Å². The first kappa shape index (κ1) is 36.8. The highest BCUT2D eigenvalue weighted by molar-refractivity contribution is 7.46. The summed E-state index contributed by atoms with van der Waals surface area (Å²) in [6.45, 7) is 3.58. The molecule has 0 aliphatic heterocycles. The minimum Gasteiger partial charge on any atom is -0.462 e. The molecule has 0 aromatic rings. The number of hydrogen-bond acceptors (Lipinski definition) is 6. The Morgan fingerprint density at radius 3 is 1.66 bits per heavy atom. The zero-order valence-corrected chi connectivity index (χ0v) is 25.0. The van der Waals surface area contributed by atoms with Crippen LogP contribution in [0.1, 0.15) is 142 Å². The summed E-state index contributed by atoms with van der Waals surface area (Å²) < 4.78 is 26.0. The molecule has 0 unspecified atom stereocenters. The van der Waals surface area contributed by atoms with Gasteiger partial charge in [-0.2, -0.15) is 0 Å². The van der Waals surface area contributed by atoms with Gasteiger partial charge in [-0.05, 0) is 38.5 Å². The van der Waals surface area contributed by atoms with E-state index in [-0.39, 0.29) is 19.4 Å². The number of unbranched alkanes of at least 4 members (excludes halogenated alkanes) is 15. The third kappa shape index (κ3) is 27.8. The molecule has 8 nitrogen and oxygen atoms in total.